The standard InChI is InChI=1S/C9H13NO2/c1-9(2)5-3-6(9)8(11)7(4-5)10-12/h5-6,12H,3-4H2,1-2H3/b10-7+/t5-,6+/m1/s1. The van der Waals surface area contributed by atoms with Crippen LogP contribution >= 0.6 is 0 Å². The second-order valence-electron chi connectivity index (χ2n) is 4.42. The molecule has 3 aliphatic carbocycles. The Morgan fingerprint density at radius 1 is 1.58 bits per heavy atom. The first kappa shape index (κ1) is 7.77. The number of nitrogens with zero attached hydrogens (tertiary/aromatic N) is 1. The van der Waals surface area contributed by atoms with E-state index in [9.17, 15) is 4.79 Å². The fourth-order valence-electron chi connectivity index (χ4n) is 2.43. The second-order valence-corrected chi connectivity index (χ2v) is 4.42. The van der Waals surface area contributed by atoms with Crippen LogP contribution in [0.15, 0.2) is 5.16 Å². The molecule has 0 radical (unpaired) electrons. The highest BCUT2D eigenvalue weighted by Gasteiger charge is 2.56. The second kappa shape index (κ2) is 2.09. The Morgan fingerprint density at radius 2 is 2.25 bits per heavy atom. The predicted octanol–water partition coefficient (Wildman–Crippen LogP) is 1.45. The van der Waals surface area contributed by atoms with Gasteiger partial charge in [0.15, 0.2) is 5.78 Å². The molecule has 3 rings (SSSR count). The van der Waals surface area contributed by atoms with Crippen LogP contribution in [0.4, 0.5) is 0 Å². The van der Waals surface area contributed by atoms with Crippen LogP contribution in [0.2, 0.25) is 0 Å². The summed E-state index contributed by atoms with van der Waals surface area (Å²) in [5.74, 6) is 0.721. The highest BCUT2D eigenvalue weighted by Crippen LogP contribution is 2.56. The molecule has 3 saturated carbocycles. The minimum atomic E-state index is 0.0602. The van der Waals surface area contributed by atoms with Gasteiger partial charge in [0.1, 0.15) is 5.71 Å². The van der Waals surface area contributed by atoms with Gasteiger partial charge in [-0.2, -0.15) is 0 Å². The van der Waals surface area contributed by atoms with Crippen molar-refractivity contribution in [3.05, 3.63) is 0 Å². The van der Waals surface area contributed by atoms with E-state index in [1.807, 2.05) is 0 Å². The van der Waals surface area contributed by atoms with Gasteiger partial charge in [-0.15, -0.1) is 0 Å². The SMILES string of the molecule is CC1(C)[C@H]2C/C(=N\O)C(=O)[C@@H]1C2. The van der Waals surface area contributed by atoms with Crippen molar-refractivity contribution in [3.8, 4) is 0 Å². The molecule has 3 heteroatoms. The number of rotatable bonds is 0. The molecular weight excluding hydrogens is 154 g/mol. The van der Waals surface area contributed by atoms with E-state index < -0.39 is 0 Å². The average Bonchev–Trinajstić information content (AvgIpc) is 2.03. The Labute approximate surface area is 71.5 Å². The van der Waals surface area contributed by atoms with Gasteiger partial charge in [-0.1, -0.05) is 19.0 Å². The van der Waals surface area contributed by atoms with E-state index in [-0.39, 0.29) is 17.1 Å². The number of fused-ring (bicyclic) bond motifs is 2. The van der Waals surface area contributed by atoms with Crippen LogP contribution in [0, 0.1) is 17.3 Å². The van der Waals surface area contributed by atoms with Crippen LogP contribution in [0.1, 0.15) is 26.7 Å². The molecule has 2 atom stereocenters. The van der Waals surface area contributed by atoms with E-state index in [1.54, 1.807) is 0 Å². The molecule has 2 bridgehead atoms. The van der Waals surface area contributed by atoms with Crippen molar-refractivity contribution in [2.75, 3.05) is 0 Å². The third kappa shape index (κ3) is 0.713. The fourth-order valence-corrected chi connectivity index (χ4v) is 2.43. The van der Waals surface area contributed by atoms with Crippen molar-refractivity contribution in [1.29, 1.82) is 0 Å². The molecule has 1 N–H and O–H groups in total. The molecule has 0 aromatic heterocycles. The van der Waals surface area contributed by atoms with Crippen LogP contribution in [0.25, 0.3) is 0 Å². The largest absolute Gasteiger partial charge is 0.411 e. The number of ketones is 1. The van der Waals surface area contributed by atoms with Gasteiger partial charge in [-0.3, -0.25) is 4.79 Å². The maximum Gasteiger partial charge on any atom is 0.184 e. The molecule has 0 aromatic carbocycles. The quantitative estimate of drug-likeness (QED) is 0.438. The highest BCUT2D eigenvalue weighted by atomic mass is 16.4. The van der Waals surface area contributed by atoms with Crippen LogP contribution in [0.5, 0.6) is 0 Å². The first-order valence-corrected chi connectivity index (χ1v) is 4.32. The number of hydrogen-bond acceptors (Lipinski definition) is 3. The summed E-state index contributed by atoms with van der Waals surface area (Å²) in [5.41, 5.74) is 0.529. The molecule has 0 spiro atoms. The number of carbonyl (C=O) groups is 1. The lowest BCUT2D eigenvalue weighted by molar-refractivity contribution is -0.135. The monoisotopic (exact) mass is 167 g/mol. The minimum absolute atomic E-state index is 0.0602. The van der Waals surface area contributed by atoms with E-state index in [1.165, 1.54) is 0 Å². The minimum Gasteiger partial charge on any atom is -0.411 e. The van der Waals surface area contributed by atoms with Crippen molar-refractivity contribution in [3.63, 3.8) is 0 Å². The molecule has 0 amide bonds. The van der Waals surface area contributed by atoms with Gasteiger partial charge < -0.3 is 5.21 Å². The Hall–Kier alpha value is -0.860. The zero-order chi connectivity index (χ0) is 8.93. The van der Waals surface area contributed by atoms with Crippen molar-refractivity contribution >= 4 is 11.5 Å². The van der Waals surface area contributed by atoms with Gasteiger partial charge in [0.2, 0.25) is 0 Å². The molecule has 0 unspecified atom stereocenters. The maximum absolute atomic E-state index is 11.5. The fraction of sp³-hybridized carbons (Fsp3) is 0.778. The Kier molecular flexibility index (Phi) is 1.35. The molecule has 3 aliphatic rings. The third-order valence-electron chi connectivity index (χ3n) is 3.63. The van der Waals surface area contributed by atoms with Gasteiger partial charge in [0.25, 0.3) is 0 Å². The molecule has 0 heterocycles. The van der Waals surface area contributed by atoms with Crippen molar-refractivity contribution in [2.24, 2.45) is 22.4 Å². The molecule has 12 heavy (non-hydrogen) atoms. The normalized spacial score (nSPS) is 41.2. The lowest BCUT2D eigenvalue weighted by Crippen LogP contribution is -2.56. The maximum atomic E-state index is 11.5. The zero-order valence-corrected chi connectivity index (χ0v) is 7.37. The lowest BCUT2D eigenvalue weighted by atomic mass is 9.48. The third-order valence-corrected chi connectivity index (χ3v) is 3.63. The highest BCUT2D eigenvalue weighted by molar-refractivity contribution is 6.42. The summed E-state index contributed by atoms with van der Waals surface area (Å²) in [6.45, 7) is 4.25. The van der Waals surface area contributed by atoms with Crippen LogP contribution in [-0.2, 0) is 4.79 Å². The molecular formula is C9H13NO2. The summed E-state index contributed by atoms with van der Waals surface area (Å²) in [6.07, 6.45) is 1.66. The van der Waals surface area contributed by atoms with Crippen LogP contribution in [-0.4, -0.2) is 16.7 Å². The molecule has 66 valence electrons. The number of carbonyl (C=O) groups excluding carboxylic acids is 1. The molecule has 3 fully saturated rings. The van der Waals surface area contributed by atoms with Gasteiger partial charge in [-0.25, -0.2) is 0 Å². The summed E-state index contributed by atoms with van der Waals surface area (Å²) in [7, 11) is 0. The first-order valence-electron chi connectivity index (χ1n) is 4.32. The number of Topliss-reactive ketones (excluding diaryl/α,β-unsaturated/α-hetero) is 1. The van der Waals surface area contributed by atoms with Crippen LogP contribution in [0.3, 0.4) is 0 Å². The number of oxime groups is 1. The van der Waals surface area contributed by atoms with Gasteiger partial charge in [0, 0.05) is 5.92 Å². The van der Waals surface area contributed by atoms with E-state index in [0.29, 0.717) is 18.1 Å². The average molecular weight is 167 g/mol. The van der Waals surface area contributed by atoms with E-state index in [4.69, 9.17) is 5.21 Å². The van der Waals surface area contributed by atoms with E-state index >= 15 is 0 Å². The summed E-state index contributed by atoms with van der Waals surface area (Å²) >= 11 is 0. The zero-order valence-electron chi connectivity index (χ0n) is 7.37. The van der Waals surface area contributed by atoms with E-state index in [0.717, 1.165) is 6.42 Å². The smallest absolute Gasteiger partial charge is 0.184 e. The molecule has 0 saturated heterocycles. The summed E-state index contributed by atoms with van der Waals surface area (Å²) < 4.78 is 0. The van der Waals surface area contributed by atoms with Crippen molar-refractivity contribution < 1.29 is 10.0 Å². The van der Waals surface area contributed by atoms with Crippen molar-refractivity contribution in [1.82, 2.24) is 0 Å². The molecule has 0 aliphatic heterocycles. The predicted molar refractivity (Wildman–Crippen MR) is 44.2 cm³/mol. The topological polar surface area (TPSA) is 49.7 Å². The Bertz CT molecular complexity index is 268. The lowest BCUT2D eigenvalue weighted by Gasteiger charge is -2.55. The molecule has 3 nitrogen and oxygen atoms in total. The van der Waals surface area contributed by atoms with Gasteiger partial charge >= 0.3 is 0 Å². The van der Waals surface area contributed by atoms with Gasteiger partial charge in [-0.05, 0) is 24.2 Å². The summed E-state index contributed by atoms with van der Waals surface area (Å²) in [5, 5.41) is 11.6. The number of hydrogen-bond donors (Lipinski definition) is 1. The molecule has 0 aromatic rings. The Balaban J connectivity index is 2.28. The van der Waals surface area contributed by atoms with E-state index in [2.05, 4.69) is 19.0 Å². The summed E-state index contributed by atoms with van der Waals surface area (Å²) in [6, 6.07) is 0. The summed E-state index contributed by atoms with van der Waals surface area (Å²) in [4.78, 5) is 11.5. The van der Waals surface area contributed by atoms with Crippen LogP contribution < -0.4 is 0 Å². The first-order chi connectivity index (χ1) is 5.57. The van der Waals surface area contributed by atoms with Gasteiger partial charge in [0.05, 0.1) is 0 Å². The van der Waals surface area contributed by atoms with Crippen molar-refractivity contribution in [2.45, 2.75) is 26.7 Å². The Morgan fingerprint density at radius 3 is 2.67 bits per heavy atom.